The molecule has 1 atom stereocenters. The Morgan fingerprint density at radius 3 is 2.83 bits per heavy atom. The van der Waals surface area contributed by atoms with Crippen LogP contribution in [0.15, 0.2) is 66.2 Å². The fraction of sp³-hybridized carbons (Fsp3) is 0.333. The molecule has 0 fully saturated rings. The molecule has 2 aromatic carbocycles. The third-order valence-corrected chi connectivity index (χ3v) is 6.36. The minimum atomic E-state index is -0.677. The zero-order valence-electron chi connectivity index (χ0n) is 20.3. The van der Waals surface area contributed by atoms with Crippen LogP contribution in [0.2, 0.25) is 0 Å². The molecule has 2 aliphatic rings. The number of fused-ring (bicyclic) bond motifs is 2. The van der Waals surface area contributed by atoms with Gasteiger partial charge < -0.3 is 28.5 Å². The van der Waals surface area contributed by atoms with E-state index in [1.54, 1.807) is 20.5 Å². The summed E-state index contributed by atoms with van der Waals surface area (Å²) in [6.07, 6.45) is 9.32. The van der Waals surface area contributed by atoms with Crippen LogP contribution in [0.4, 0.5) is 0 Å². The second-order valence-corrected chi connectivity index (χ2v) is 8.60. The Balaban J connectivity index is 1.43. The van der Waals surface area contributed by atoms with Gasteiger partial charge in [-0.3, -0.25) is 0 Å². The number of hydrogen-bond donors (Lipinski definition) is 0. The van der Waals surface area contributed by atoms with Gasteiger partial charge >= 0.3 is 0 Å². The van der Waals surface area contributed by atoms with Gasteiger partial charge in [0.2, 0.25) is 5.72 Å². The molecule has 35 heavy (non-hydrogen) atoms. The van der Waals surface area contributed by atoms with Crippen molar-refractivity contribution in [2.75, 3.05) is 34.0 Å². The Labute approximate surface area is 205 Å². The maximum Gasteiger partial charge on any atom is 0.244 e. The quantitative estimate of drug-likeness (QED) is 0.447. The molecule has 0 bridgehead atoms. The Kier molecular flexibility index (Phi) is 6.46. The van der Waals surface area contributed by atoms with Crippen molar-refractivity contribution in [1.29, 1.82) is 0 Å². The van der Waals surface area contributed by atoms with E-state index in [4.69, 9.17) is 19.0 Å². The van der Waals surface area contributed by atoms with Crippen molar-refractivity contribution in [3.63, 3.8) is 0 Å². The van der Waals surface area contributed by atoms with E-state index in [2.05, 4.69) is 27.2 Å². The maximum atomic E-state index is 6.18. The standard InChI is InChI=1S/C27H30N4O4/c1-20-18-30(19-28-20)23-11-9-21(17-25(23)33-3)10-12-26-29-35-27(31(26)14-6-15-32-2)13-16-34-24-8-5-4-7-22(24)27/h4-5,7-12,17-19H,6,13-16H2,1-3H3/b12-10+. The largest absolute Gasteiger partial charge is 0.495 e. The van der Waals surface area contributed by atoms with Gasteiger partial charge in [-0.15, -0.1) is 0 Å². The monoisotopic (exact) mass is 474 g/mol. The summed E-state index contributed by atoms with van der Waals surface area (Å²) in [5.74, 6) is 2.37. The van der Waals surface area contributed by atoms with Crippen molar-refractivity contribution in [1.82, 2.24) is 14.5 Å². The first-order valence-electron chi connectivity index (χ1n) is 11.8. The summed E-state index contributed by atoms with van der Waals surface area (Å²) in [5, 5.41) is 4.51. The van der Waals surface area contributed by atoms with Crippen molar-refractivity contribution in [2.45, 2.75) is 25.5 Å². The minimum Gasteiger partial charge on any atom is -0.495 e. The Morgan fingerprint density at radius 1 is 1.14 bits per heavy atom. The number of benzene rings is 2. The molecule has 3 heterocycles. The second kappa shape index (κ2) is 9.84. The number of oxime groups is 1. The first kappa shape index (κ1) is 23.0. The van der Waals surface area contributed by atoms with E-state index in [-0.39, 0.29) is 0 Å². The average Bonchev–Trinajstić information content (AvgIpc) is 3.47. The fourth-order valence-electron chi connectivity index (χ4n) is 4.65. The van der Waals surface area contributed by atoms with E-state index in [1.807, 2.05) is 60.2 Å². The highest BCUT2D eigenvalue weighted by Gasteiger charge is 2.50. The smallest absolute Gasteiger partial charge is 0.244 e. The van der Waals surface area contributed by atoms with Gasteiger partial charge in [-0.05, 0) is 49.2 Å². The summed E-state index contributed by atoms with van der Waals surface area (Å²) >= 11 is 0. The number of hydrogen-bond acceptors (Lipinski definition) is 7. The van der Waals surface area contributed by atoms with E-state index in [9.17, 15) is 0 Å². The molecule has 1 spiro atoms. The fourth-order valence-corrected chi connectivity index (χ4v) is 4.65. The lowest BCUT2D eigenvalue weighted by atomic mass is 9.94. The SMILES string of the molecule is COCCCN1C(/C=C/c2ccc(-n3cnc(C)c3)c(OC)c2)=NOC12CCOc1ccccc12. The lowest BCUT2D eigenvalue weighted by molar-refractivity contribution is -0.128. The highest BCUT2D eigenvalue weighted by atomic mass is 16.7. The van der Waals surface area contributed by atoms with Gasteiger partial charge in [-0.25, -0.2) is 4.98 Å². The molecule has 8 nitrogen and oxygen atoms in total. The number of methoxy groups -OCH3 is 2. The number of para-hydroxylation sites is 1. The van der Waals surface area contributed by atoms with Crippen molar-refractivity contribution < 1.29 is 19.0 Å². The van der Waals surface area contributed by atoms with Crippen LogP contribution in [-0.2, 0) is 15.3 Å². The molecule has 1 unspecified atom stereocenters. The Morgan fingerprint density at radius 2 is 2.03 bits per heavy atom. The van der Waals surface area contributed by atoms with Crippen molar-refractivity contribution in [3.8, 4) is 17.2 Å². The predicted molar refractivity (Wildman–Crippen MR) is 134 cm³/mol. The molecule has 8 heteroatoms. The van der Waals surface area contributed by atoms with Crippen molar-refractivity contribution in [3.05, 3.63) is 77.9 Å². The van der Waals surface area contributed by atoms with Crippen LogP contribution in [0, 0.1) is 6.92 Å². The van der Waals surface area contributed by atoms with Crippen molar-refractivity contribution >= 4 is 11.9 Å². The number of amidine groups is 1. The van der Waals surface area contributed by atoms with Gasteiger partial charge in [-0.2, -0.15) is 0 Å². The number of ether oxygens (including phenoxy) is 3. The molecule has 3 aromatic rings. The zero-order chi connectivity index (χ0) is 24.3. The van der Waals surface area contributed by atoms with Crippen LogP contribution in [0.25, 0.3) is 11.8 Å². The van der Waals surface area contributed by atoms with Crippen LogP contribution in [0.5, 0.6) is 11.5 Å². The van der Waals surface area contributed by atoms with E-state index < -0.39 is 5.72 Å². The van der Waals surface area contributed by atoms with Crippen LogP contribution in [0.1, 0.15) is 29.7 Å². The Hall–Kier alpha value is -3.78. The van der Waals surface area contributed by atoms with Crippen LogP contribution in [-0.4, -0.2) is 54.3 Å². The van der Waals surface area contributed by atoms with Crippen LogP contribution >= 0.6 is 0 Å². The Bertz CT molecular complexity index is 1250. The van der Waals surface area contributed by atoms with E-state index in [0.29, 0.717) is 19.6 Å². The lowest BCUT2D eigenvalue weighted by Crippen LogP contribution is -2.49. The first-order chi connectivity index (χ1) is 17.1. The number of aromatic nitrogens is 2. The number of imidazole rings is 1. The molecule has 5 rings (SSSR count). The normalized spacial score (nSPS) is 18.9. The molecule has 0 radical (unpaired) electrons. The zero-order valence-corrected chi connectivity index (χ0v) is 20.3. The molecule has 0 saturated heterocycles. The number of nitrogens with zero attached hydrogens (tertiary/aromatic N) is 4. The predicted octanol–water partition coefficient (Wildman–Crippen LogP) is 4.52. The minimum absolute atomic E-state index is 0.566. The maximum absolute atomic E-state index is 6.18. The van der Waals surface area contributed by atoms with Gasteiger partial charge in [0.15, 0.2) is 5.84 Å². The lowest BCUT2D eigenvalue weighted by Gasteiger charge is -2.40. The topological polar surface area (TPSA) is 70.3 Å². The van der Waals surface area contributed by atoms with Crippen molar-refractivity contribution in [2.24, 2.45) is 5.16 Å². The molecular weight excluding hydrogens is 444 g/mol. The third-order valence-electron chi connectivity index (χ3n) is 6.36. The molecule has 0 N–H and O–H groups in total. The molecule has 0 aliphatic carbocycles. The summed E-state index contributed by atoms with van der Waals surface area (Å²) in [7, 11) is 3.39. The summed E-state index contributed by atoms with van der Waals surface area (Å²) < 4.78 is 18.8. The van der Waals surface area contributed by atoms with Gasteiger partial charge in [0, 0.05) is 32.9 Å². The number of rotatable bonds is 8. The molecular formula is C27H30N4O4. The summed E-state index contributed by atoms with van der Waals surface area (Å²) in [4.78, 5) is 12.7. The summed E-state index contributed by atoms with van der Waals surface area (Å²) in [6.45, 7) is 3.94. The van der Waals surface area contributed by atoms with Gasteiger partial charge in [0.25, 0.3) is 0 Å². The number of aryl methyl sites for hydroxylation is 1. The molecule has 182 valence electrons. The van der Waals surface area contributed by atoms with E-state index in [1.165, 1.54) is 0 Å². The second-order valence-electron chi connectivity index (χ2n) is 8.60. The third kappa shape index (κ3) is 4.37. The first-order valence-corrected chi connectivity index (χ1v) is 11.8. The summed E-state index contributed by atoms with van der Waals surface area (Å²) in [5.41, 5.74) is 3.20. The van der Waals surface area contributed by atoms with Gasteiger partial charge in [0.05, 0.1) is 37.0 Å². The van der Waals surface area contributed by atoms with E-state index in [0.717, 1.165) is 52.8 Å². The highest BCUT2D eigenvalue weighted by Crippen LogP contribution is 2.45. The van der Waals surface area contributed by atoms with Crippen LogP contribution < -0.4 is 9.47 Å². The molecule has 0 saturated carbocycles. The molecule has 1 aromatic heterocycles. The highest BCUT2D eigenvalue weighted by molar-refractivity contribution is 5.97. The average molecular weight is 475 g/mol. The van der Waals surface area contributed by atoms with Crippen LogP contribution in [0.3, 0.4) is 0 Å². The van der Waals surface area contributed by atoms with Gasteiger partial charge in [0.1, 0.15) is 11.5 Å². The molecule has 2 aliphatic heterocycles. The van der Waals surface area contributed by atoms with Gasteiger partial charge in [-0.1, -0.05) is 29.4 Å². The summed E-state index contributed by atoms with van der Waals surface area (Å²) in [6, 6.07) is 14.1. The molecule has 0 amide bonds. The van der Waals surface area contributed by atoms with E-state index >= 15 is 0 Å².